The van der Waals surface area contributed by atoms with Crippen LogP contribution in [0.25, 0.3) is 0 Å². The predicted octanol–water partition coefficient (Wildman–Crippen LogP) is 1.11. The van der Waals surface area contributed by atoms with E-state index in [1.54, 1.807) is 0 Å². The molecule has 1 aliphatic heterocycles. The summed E-state index contributed by atoms with van der Waals surface area (Å²) in [7, 11) is 0. The summed E-state index contributed by atoms with van der Waals surface area (Å²) in [4.78, 5) is 2.22. The second kappa shape index (κ2) is 5.82. The van der Waals surface area contributed by atoms with E-state index in [9.17, 15) is 0 Å². The normalized spacial score (nSPS) is 20.6. The van der Waals surface area contributed by atoms with Crippen LogP contribution in [0, 0.1) is 0 Å². The van der Waals surface area contributed by atoms with Crippen molar-refractivity contribution in [1.82, 2.24) is 0 Å². The topological polar surface area (TPSA) is 58.7 Å². The fraction of sp³-hybridized carbons (Fsp3) is 0.500. The Balaban J connectivity index is 2.13. The van der Waals surface area contributed by atoms with Crippen LogP contribution in [0.1, 0.15) is 5.56 Å². The Labute approximate surface area is 109 Å². The highest BCUT2D eigenvalue weighted by molar-refractivity contribution is 9.10. The van der Waals surface area contributed by atoms with Crippen LogP contribution in [0.3, 0.4) is 0 Å². The molecule has 0 aromatic heterocycles. The fourth-order valence-corrected chi connectivity index (χ4v) is 2.49. The lowest BCUT2D eigenvalue weighted by atomic mass is 10.1. The van der Waals surface area contributed by atoms with Crippen molar-refractivity contribution in [1.29, 1.82) is 0 Å². The second-order valence-electron chi connectivity index (χ2n) is 4.10. The van der Waals surface area contributed by atoms with Gasteiger partial charge < -0.3 is 20.5 Å². The Morgan fingerprint density at radius 3 is 3.00 bits per heavy atom. The van der Waals surface area contributed by atoms with Crippen molar-refractivity contribution in [2.24, 2.45) is 5.73 Å². The Hall–Kier alpha value is -0.620. The van der Waals surface area contributed by atoms with Crippen LogP contribution in [0.15, 0.2) is 22.7 Å². The number of hydrogen-bond acceptors (Lipinski definition) is 4. The minimum Gasteiger partial charge on any atom is -0.394 e. The summed E-state index contributed by atoms with van der Waals surface area (Å²) in [6.07, 6.45) is -0.0864. The number of nitrogens with two attached hydrogens (primary N) is 1. The number of halogens is 1. The fourth-order valence-electron chi connectivity index (χ4n) is 1.96. The zero-order valence-electron chi connectivity index (χ0n) is 9.60. The molecule has 4 nitrogen and oxygen atoms in total. The molecule has 1 aromatic rings. The molecule has 1 atom stereocenters. The molecule has 0 amide bonds. The highest BCUT2D eigenvalue weighted by Gasteiger charge is 2.20. The molecule has 1 aromatic carbocycles. The van der Waals surface area contributed by atoms with E-state index < -0.39 is 0 Å². The maximum atomic E-state index is 9.12. The number of nitrogens with zero attached hydrogens (tertiary/aromatic N) is 1. The van der Waals surface area contributed by atoms with E-state index in [0.717, 1.165) is 28.8 Å². The standard InChI is InChI=1S/C12H17BrN2O2/c13-12-5-10(2-1-9(12)6-14)15-3-4-17-11(7-15)8-16/h1-2,5,11,16H,3-4,6-8,14H2. The van der Waals surface area contributed by atoms with Crippen molar-refractivity contribution in [3.8, 4) is 0 Å². The third-order valence-corrected chi connectivity index (χ3v) is 3.70. The summed E-state index contributed by atoms with van der Waals surface area (Å²) >= 11 is 3.52. The number of ether oxygens (including phenoxy) is 1. The molecule has 1 aliphatic rings. The van der Waals surface area contributed by atoms with Gasteiger partial charge >= 0.3 is 0 Å². The summed E-state index contributed by atoms with van der Waals surface area (Å²) in [6.45, 7) is 2.83. The lowest BCUT2D eigenvalue weighted by Gasteiger charge is -2.34. The first-order valence-electron chi connectivity index (χ1n) is 5.70. The van der Waals surface area contributed by atoms with E-state index in [1.165, 1.54) is 0 Å². The number of aliphatic hydroxyl groups is 1. The molecule has 0 spiro atoms. The molecule has 3 N–H and O–H groups in total. The van der Waals surface area contributed by atoms with Gasteiger partial charge in [0.1, 0.15) is 0 Å². The van der Waals surface area contributed by atoms with Crippen LogP contribution in [0.5, 0.6) is 0 Å². The third-order valence-electron chi connectivity index (χ3n) is 2.96. The lowest BCUT2D eigenvalue weighted by Crippen LogP contribution is -2.44. The van der Waals surface area contributed by atoms with E-state index in [4.69, 9.17) is 15.6 Å². The van der Waals surface area contributed by atoms with Crippen molar-refractivity contribution in [3.63, 3.8) is 0 Å². The van der Waals surface area contributed by atoms with Crippen LogP contribution in [-0.4, -0.2) is 37.5 Å². The van der Waals surface area contributed by atoms with Crippen LogP contribution >= 0.6 is 15.9 Å². The molecular formula is C12H17BrN2O2. The predicted molar refractivity (Wildman–Crippen MR) is 71.1 cm³/mol. The summed E-state index contributed by atoms with van der Waals surface area (Å²) < 4.78 is 6.46. The largest absolute Gasteiger partial charge is 0.394 e. The van der Waals surface area contributed by atoms with Crippen LogP contribution in [0.4, 0.5) is 5.69 Å². The van der Waals surface area contributed by atoms with Crippen LogP contribution < -0.4 is 10.6 Å². The number of anilines is 1. The lowest BCUT2D eigenvalue weighted by molar-refractivity contribution is 0.00356. The quantitative estimate of drug-likeness (QED) is 0.878. The van der Waals surface area contributed by atoms with Gasteiger partial charge in [-0.1, -0.05) is 22.0 Å². The van der Waals surface area contributed by atoms with Crippen molar-refractivity contribution >= 4 is 21.6 Å². The zero-order valence-corrected chi connectivity index (χ0v) is 11.2. The maximum Gasteiger partial charge on any atom is 0.0980 e. The summed E-state index contributed by atoms with van der Waals surface area (Å²) in [5.41, 5.74) is 7.86. The summed E-state index contributed by atoms with van der Waals surface area (Å²) in [5, 5.41) is 9.12. The molecule has 0 saturated carbocycles. The van der Waals surface area contributed by atoms with Gasteiger partial charge in [-0.25, -0.2) is 0 Å². The number of rotatable bonds is 3. The molecule has 1 heterocycles. The highest BCUT2D eigenvalue weighted by Crippen LogP contribution is 2.25. The molecule has 1 fully saturated rings. The summed E-state index contributed by atoms with van der Waals surface area (Å²) in [5.74, 6) is 0. The van der Waals surface area contributed by atoms with Crippen LogP contribution in [0.2, 0.25) is 0 Å². The number of hydrogen-bond donors (Lipinski definition) is 2. The van der Waals surface area contributed by atoms with Crippen molar-refractivity contribution in [3.05, 3.63) is 28.2 Å². The Morgan fingerprint density at radius 2 is 2.35 bits per heavy atom. The van der Waals surface area contributed by atoms with Gasteiger partial charge in [0.25, 0.3) is 0 Å². The number of morpholine rings is 1. The van der Waals surface area contributed by atoms with Crippen molar-refractivity contribution in [2.45, 2.75) is 12.6 Å². The Bertz CT molecular complexity index is 387. The average Bonchev–Trinajstić information content (AvgIpc) is 2.38. The zero-order chi connectivity index (χ0) is 12.3. The van der Waals surface area contributed by atoms with Crippen molar-refractivity contribution in [2.75, 3.05) is 31.2 Å². The second-order valence-corrected chi connectivity index (χ2v) is 4.96. The van der Waals surface area contributed by atoms with Gasteiger partial charge in [0.05, 0.1) is 19.3 Å². The molecule has 0 bridgehead atoms. The smallest absolute Gasteiger partial charge is 0.0980 e. The minimum atomic E-state index is -0.0864. The number of benzene rings is 1. The minimum absolute atomic E-state index is 0.0680. The first-order valence-corrected chi connectivity index (χ1v) is 6.49. The van der Waals surface area contributed by atoms with Gasteiger partial charge in [-0.2, -0.15) is 0 Å². The van der Waals surface area contributed by atoms with E-state index in [1.807, 2.05) is 6.07 Å². The van der Waals surface area contributed by atoms with Gasteiger partial charge in [-0.3, -0.25) is 0 Å². The SMILES string of the molecule is NCc1ccc(N2CCOC(CO)C2)cc1Br. The molecule has 5 heteroatoms. The van der Waals surface area contributed by atoms with E-state index in [0.29, 0.717) is 13.2 Å². The Kier molecular flexibility index (Phi) is 4.39. The highest BCUT2D eigenvalue weighted by atomic mass is 79.9. The molecular weight excluding hydrogens is 284 g/mol. The molecule has 1 saturated heterocycles. The van der Waals surface area contributed by atoms with Crippen LogP contribution in [-0.2, 0) is 11.3 Å². The van der Waals surface area contributed by atoms with Gasteiger partial charge in [0.15, 0.2) is 0 Å². The van der Waals surface area contributed by atoms with Gasteiger partial charge in [0, 0.05) is 29.8 Å². The van der Waals surface area contributed by atoms with E-state index in [2.05, 4.69) is 33.0 Å². The molecule has 94 valence electrons. The first kappa shape index (κ1) is 12.8. The average molecular weight is 301 g/mol. The summed E-state index contributed by atoms with van der Waals surface area (Å²) in [6, 6.07) is 6.16. The third kappa shape index (κ3) is 2.98. The molecule has 0 aliphatic carbocycles. The van der Waals surface area contributed by atoms with Gasteiger partial charge in [0.2, 0.25) is 0 Å². The Morgan fingerprint density at radius 1 is 1.53 bits per heavy atom. The first-order chi connectivity index (χ1) is 8.24. The molecule has 2 rings (SSSR count). The molecule has 0 radical (unpaired) electrons. The maximum absolute atomic E-state index is 9.12. The van der Waals surface area contributed by atoms with E-state index in [-0.39, 0.29) is 12.7 Å². The van der Waals surface area contributed by atoms with E-state index >= 15 is 0 Å². The monoisotopic (exact) mass is 300 g/mol. The van der Waals surface area contributed by atoms with Crippen molar-refractivity contribution < 1.29 is 9.84 Å². The molecule has 17 heavy (non-hydrogen) atoms. The number of aliphatic hydroxyl groups excluding tert-OH is 1. The van der Waals surface area contributed by atoms with Gasteiger partial charge in [-0.15, -0.1) is 0 Å². The van der Waals surface area contributed by atoms with Gasteiger partial charge in [-0.05, 0) is 17.7 Å². The molecule has 1 unspecified atom stereocenters.